The summed E-state index contributed by atoms with van der Waals surface area (Å²) < 4.78 is 14.0. The molecule has 1 aromatic rings. The van der Waals surface area contributed by atoms with Gasteiger partial charge in [0, 0.05) is 5.75 Å². The molecule has 9 heteroatoms. The van der Waals surface area contributed by atoms with Crippen LogP contribution in [0.15, 0.2) is 23.4 Å². The van der Waals surface area contributed by atoms with Gasteiger partial charge in [0.2, 0.25) is 5.91 Å². The van der Waals surface area contributed by atoms with E-state index in [4.69, 9.17) is 5.73 Å². The number of halogens is 1. The van der Waals surface area contributed by atoms with Crippen LogP contribution < -0.4 is 5.73 Å². The maximum Gasteiger partial charge on any atom is 0.352 e. The average Bonchev–Trinajstić information content (AvgIpc) is 2.53. The molecule has 2 aliphatic rings. The second-order valence-electron chi connectivity index (χ2n) is 5.28. The van der Waals surface area contributed by atoms with Gasteiger partial charge in [0.15, 0.2) is 17.3 Å². The summed E-state index contributed by atoms with van der Waals surface area (Å²) in [7, 11) is 0. The van der Waals surface area contributed by atoms with E-state index in [0.29, 0.717) is 5.57 Å². The second kappa shape index (κ2) is 5.43. The topological polar surface area (TPSA) is 124 Å². The predicted octanol–water partition coefficient (Wildman–Crippen LogP) is 0.361. The molecule has 0 saturated carbocycles. The summed E-state index contributed by atoms with van der Waals surface area (Å²) in [6, 6.07) is 1.65. The molecule has 1 aromatic carbocycles. The van der Waals surface area contributed by atoms with Crippen LogP contribution in [-0.4, -0.2) is 49.3 Å². The fourth-order valence-corrected chi connectivity index (χ4v) is 3.97. The number of carboxylic acids is 1. The molecule has 0 aliphatic carbocycles. The number of benzene rings is 1. The Kier molecular flexibility index (Phi) is 3.69. The number of hydrogen-bond donors (Lipinski definition) is 4. The van der Waals surface area contributed by atoms with Crippen molar-refractivity contribution >= 4 is 23.6 Å². The van der Waals surface area contributed by atoms with Crippen molar-refractivity contribution in [3.8, 4) is 11.5 Å². The highest BCUT2D eigenvalue weighted by Crippen LogP contribution is 2.41. The summed E-state index contributed by atoms with van der Waals surface area (Å²) in [5.74, 6) is -3.98. The lowest BCUT2D eigenvalue weighted by Crippen LogP contribution is -2.68. The van der Waals surface area contributed by atoms with Crippen molar-refractivity contribution in [2.75, 3.05) is 5.75 Å². The number of rotatable bonds is 3. The molecule has 7 nitrogen and oxygen atoms in total. The first kappa shape index (κ1) is 15.6. The standard InChI is InChI=1S/C14H13FN2O5S/c15-8-5(1-2-7(18)11(8)19)3-6-4-23-13-9(16)12(20)17(13)10(6)14(21)22/h1-2,9,13,18-19H,3-4,16H2,(H,21,22)/t9?,13-/m0/s1. The smallest absolute Gasteiger partial charge is 0.352 e. The first-order valence-corrected chi connectivity index (χ1v) is 7.72. The Morgan fingerprint density at radius 1 is 1.43 bits per heavy atom. The van der Waals surface area contributed by atoms with E-state index in [1.54, 1.807) is 0 Å². The SMILES string of the molecule is NC1C(=O)N2C(C(=O)O)=C(Cc3ccc(O)c(O)c3F)CS[C@@H]12. The molecule has 23 heavy (non-hydrogen) atoms. The van der Waals surface area contributed by atoms with Gasteiger partial charge in [-0.3, -0.25) is 9.69 Å². The molecule has 1 fully saturated rings. The lowest BCUT2D eigenvalue weighted by Gasteiger charge is -2.48. The molecule has 3 rings (SSSR count). The van der Waals surface area contributed by atoms with Crippen LogP contribution in [0.2, 0.25) is 0 Å². The summed E-state index contributed by atoms with van der Waals surface area (Å²) in [4.78, 5) is 24.5. The summed E-state index contributed by atoms with van der Waals surface area (Å²) in [6.07, 6.45) is -0.0972. The van der Waals surface area contributed by atoms with Gasteiger partial charge in [-0.15, -0.1) is 11.8 Å². The van der Waals surface area contributed by atoms with Crippen LogP contribution in [-0.2, 0) is 16.0 Å². The van der Waals surface area contributed by atoms with Crippen LogP contribution in [0.1, 0.15) is 5.56 Å². The zero-order valence-corrected chi connectivity index (χ0v) is 12.5. The van der Waals surface area contributed by atoms with Crippen LogP contribution in [0.4, 0.5) is 4.39 Å². The van der Waals surface area contributed by atoms with Gasteiger partial charge >= 0.3 is 5.97 Å². The average molecular weight is 340 g/mol. The molecular formula is C14H13FN2O5S. The molecule has 2 heterocycles. The molecule has 1 unspecified atom stereocenters. The van der Waals surface area contributed by atoms with Gasteiger partial charge in [0.1, 0.15) is 17.1 Å². The van der Waals surface area contributed by atoms with Gasteiger partial charge in [0.25, 0.3) is 0 Å². The molecule has 0 bridgehead atoms. The molecule has 2 atom stereocenters. The highest BCUT2D eigenvalue weighted by atomic mass is 32.2. The number of aliphatic carboxylic acids is 1. The fraction of sp³-hybridized carbons (Fsp3) is 0.286. The zero-order valence-electron chi connectivity index (χ0n) is 11.7. The minimum absolute atomic E-state index is 0.0328. The third-order valence-electron chi connectivity index (χ3n) is 3.87. The number of carbonyl (C=O) groups is 2. The highest BCUT2D eigenvalue weighted by molar-refractivity contribution is 8.00. The molecule has 1 amide bonds. The third-order valence-corrected chi connectivity index (χ3v) is 5.23. The van der Waals surface area contributed by atoms with Gasteiger partial charge < -0.3 is 21.1 Å². The van der Waals surface area contributed by atoms with E-state index in [2.05, 4.69) is 0 Å². The third kappa shape index (κ3) is 2.32. The highest BCUT2D eigenvalue weighted by Gasteiger charge is 2.51. The van der Waals surface area contributed by atoms with Gasteiger partial charge in [-0.25, -0.2) is 9.18 Å². The van der Waals surface area contributed by atoms with Gasteiger partial charge in [-0.05, 0) is 23.6 Å². The van der Waals surface area contributed by atoms with E-state index >= 15 is 0 Å². The summed E-state index contributed by atoms with van der Waals surface area (Å²) in [5.41, 5.74) is 5.84. The monoisotopic (exact) mass is 340 g/mol. The van der Waals surface area contributed by atoms with Crippen molar-refractivity contribution in [1.29, 1.82) is 0 Å². The summed E-state index contributed by atoms with van der Waals surface area (Å²) >= 11 is 1.31. The van der Waals surface area contributed by atoms with E-state index in [1.807, 2.05) is 0 Å². The Morgan fingerprint density at radius 3 is 2.78 bits per heavy atom. The largest absolute Gasteiger partial charge is 0.504 e. The quantitative estimate of drug-likeness (QED) is 0.462. The fourth-order valence-electron chi connectivity index (χ4n) is 2.68. The lowest BCUT2D eigenvalue weighted by atomic mass is 9.99. The Morgan fingerprint density at radius 2 is 2.13 bits per heavy atom. The Labute approximate surface area is 134 Å². The van der Waals surface area contributed by atoms with Crippen molar-refractivity contribution in [1.82, 2.24) is 4.90 Å². The number of fused-ring (bicyclic) bond motifs is 1. The Bertz CT molecular complexity index is 751. The van der Waals surface area contributed by atoms with E-state index in [9.17, 15) is 29.3 Å². The van der Waals surface area contributed by atoms with E-state index in [1.165, 1.54) is 17.8 Å². The number of aromatic hydroxyl groups is 2. The molecule has 1 saturated heterocycles. The molecular weight excluding hydrogens is 327 g/mol. The van der Waals surface area contributed by atoms with Crippen molar-refractivity contribution in [3.05, 3.63) is 34.8 Å². The number of carbonyl (C=O) groups excluding carboxylic acids is 1. The zero-order chi connectivity index (χ0) is 16.9. The number of carboxylic acid groups (broad SMARTS) is 1. The molecule has 0 radical (unpaired) electrons. The maximum absolute atomic E-state index is 14.0. The van der Waals surface area contributed by atoms with E-state index in [0.717, 1.165) is 11.0 Å². The van der Waals surface area contributed by atoms with Crippen LogP contribution in [0, 0.1) is 5.82 Å². The predicted molar refractivity (Wildman–Crippen MR) is 79.2 cm³/mol. The number of phenolic OH excluding ortho intramolecular Hbond substituents is 2. The van der Waals surface area contributed by atoms with Gasteiger partial charge in [-0.1, -0.05) is 6.07 Å². The number of hydrogen-bond acceptors (Lipinski definition) is 6. The van der Waals surface area contributed by atoms with Crippen LogP contribution in [0.3, 0.4) is 0 Å². The normalized spacial score (nSPS) is 23.6. The van der Waals surface area contributed by atoms with E-state index < -0.39 is 40.6 Å². The number of phenols is 2. The van der Waals surface area contributed by atoms with E-state index in [-0.39, 0.29) is 23.4 Å². The van der Waals surface area contributed by atoms with Crippen LogP contribution >= 0.6 is 11.8 Å². The minimum atomic E-state index is -1.28. The van der Waals surface area contributed by atoms with Crippen LogP contribution in [0.5, 0.6) is 11.5 Å². The number of thioether (sulfide) groups is 1. The van der Waals surface area contributed by atoms with Crippen LogP contribution in [0.25, 0.3) is 0 Å². The van der Waals surface area contributed by atoms with Gasteiger partial charge in [0.05, 0.1) is 0 Å². The first-order valence-electron chi connectivity index (χ1n) is 6.67. The Hall–Kier alpha value is -2.26. The van der Waals surface area contributed by atoms with Crippen molar-refractivity contribution in [3.63, 3.8) is 0 Å². The van der Waals surface area contributed by atoms with Crippen molar-refractivity contribution < 1.29 is 29.3 Å². The van der Waals surface area contributed by atoms with Gasteiger partial charge in [-0.2, -0.15) is 0 Å². The molecule has 2 aliphatic heterocycles. The van der Waals surface area contributed by atoms with Crippen molar-refractivity contribution in [2.45, 2.75) is 17.8 Å². The number of nitrogens with two attached hydrogens (primary N) is 1. The molecule has 0 aromatic heterocycles. The number of β-lactam (4-membered cyclic amide) rings is 1. The second-order valence-corrected chi connectivity index (χ2v) is 6.38. The summed E-state index contributed by atoms with van der Waals surface area (Å²) in [6.45, 7) is 0. The Balaban J connectivity index is 1.99. The number of amides is 1. The maximum atomic E-state index is 14.0. The lowest BCUT2D eigenvalue weighted by molar-refractivity contribution is -0.148. The minimum Gasteiger partial charge on any atom is -0.504 e. The summed E-state index contributed by atoms with van der Waals surface area (Å²) in [5, 5.41) is 27.7. The molecule has 122 valence electrons. The number of nitrogens with zero attached hydrogens (tertiary/aromatic N) is 1. The molecule has 0 spiro atoms. The first-order chi connectivity index (χ1) is 10.8. The molecule has 5 N–H and O–H groups in total. The van der Waals surface area contributed by atoms with Crippen molar-refractivity contribution in [2.24, 2.45) is 5.73 Å².